The molecule has 8 heteroatoms. The lowest BCUT2D eigenvalue weighted by Gasteiger charge is -2.07. The van der Waals surface area contributed by atoms with E-state index in [0.717, 1.165) is 20.5 Å². The van der Waals surface area contributed by atoms with Crippen molar-refractivity contribution in [1.82, 2.24) is 30.0 Å². The third-order valence-electron chi connectivity index (χ3n) is 4.59. The van der Waals surface area contributed by atoms with Crippen molar-refractivity contribution in [2.24, 2.45) is 0 Å². The molecule has 4 rings (SSSR count). The van der Waals surface area contributed by atoms with Gasteiger partial charge in [-0.1, -0.05) is 24.3 Å². The molecule has 2 heterocycles. The summed E-state index contributed by atoms with van der Waals surface area (Å²) in [4.78, 5) is 1.54. The van der Waals surface area contributed by atoms with Crippen LogP contribution in [0.1, 0.15) is 22.3 Å². The van der Waals surface area contributed by atoms with Crippen LogP contribution in [0.5, 0.6) is 0 Å². The fourth-order valence-electron chi connectivity index (χ4n) is 2.88. The van der Waals surface area contributed by atoms with Gasteiger partial charge in [0.05, 0.1) is 29.4 Å². The zero-order valence-electron chi connectivity index (χ0n) is 15.3. The highest BCUT2D eigenvalue weighted by molar-refractivity contribution is 14.1. The van der Waals surface area contributed by atoms with E-state index < -0.39 is 0 Å². The Hall–Kier alpha value is -3.06. The number of nitriles is 1. The molecule has 0 aliphatic heterocycles. The lowest BCUT2D eigenvalue weighted by Crippen LogP contribution is -2.04. The smallest absolute Gasteiger partial charge is 0.209 e. The van der Waals surface area contributed by atoms with Gasteiger partial charge in [0.25, 0.3) is 0 Å². The summed E-state index contributed by atoms with van der Waals surface area (Å²) in [6.45, 7) is 4.66. The van der Waals surface area contributed by atoms with Crippen LogP contribution in [0, 0.1) is 28.9 Å². The Balaban J connectivity index is 1.61. The van der Waals surface area contributed by atoms with Crippen LogP contribution in [-0.4, -0.2) is 30.0 Å². The van der Waals surface area contributed by atoms with Gasteiger partial charge in [-0.15, -0.1) is 10.2 Å². The average molecular weight is 481 g/mol. The number of hydrogen-bond donors (Lipinski definition) is 0. The van der Waals surface area contributed by atoms with Gasteiger partial charge in [-0.05, 0) is 76.5 Å². The van der Waals surface area contributed by atoms with Crippen molar-refractivity contribution in [3.8, 4) is 23.1 Å². The minimum absolute atomic E-state index is 0.487. The number of aryl methyl sites for hydroxylation is 1. The third kappa shape index (κ3) is 3.53. The molecule has 0 N–H and O–H groups in total. The Morgan fingerprint density at radius 1 is 1.07 bits per heavy atom. The van der Waals surface area contributed by atoms with E-state index in [9.17, 15) is 0 Å². The highest BCUT2D eigenvalue weighted by Crippen LogP contribution is 2.24. The van der Waals surface area contributed by atoms with Crippen molar-refractivity contribution in [3.63, 3.8) is 0 Å². The molecular weight excluding hydrogens is 465 g/mol. The summed E-state index contributed by atoms with van der Waals surface area (Å²) in [6, 6.07) is 15.6. The maximum Gasteiger partial charge on any atom is 0.209 e. The number of nitrogens with zero attached hydrogens (tertiary/aromatic N) is 7. The Bertz CT molecular complexity index is 1180. The monoisotopic (exact) mass is 481 g/mol. The van der Waals surface area contributed by atoms with Crippen LogP contribution in [0.25, 0.3) is 17.1 Å². The number of tetrazole rings is 1. The average Bonchev–Trinajstić information content (AvgIpc) is 3.31. The molecule has 0 unspecified atom stereocenters. The molecule has 0 fully saturated rings. The van der Waals surface area contributed by atoms with Crippen LogP contribution in [-0.2, 0) is 6.54 Å². The molecule has 0 amide bonds. The summed E-state index contributed by atoms with van der Waals surface area (Å²) in [5.74, 6) is 0.537. The quantitative estimate of drug-likeness (QED) is 0.416. The summed E-state index contributed by atoms with van der Waals surface area (Å²) in [5, 5.41) is 26.4. The van der Waals surface area contributed by atoms with Crippen molar-refractivity contribution in [2.75, 3.05) is 0 Å². The van der Waals surface area contributed by atoms with Crippen molar-refractivity contribution in [3.05, 3.63) is 74.6 Å². The van der Waals surface area contributed by atoms with Gasteiger partial charge in [-0.3, -0.25) is 0 Å². The molecule has 0 saturated heterocycles. The molecule has 2 aromatic heterocycles. The molecule has 0 saturated carbocycles. The molecule has 4 aromatic rings. The first-order valence-electron chi connectivity index (χ1n) is 8.64. The van der Waals surface area contributed by atoms with Gasteiger partial charge in [0.15, 0.2) is 0 Å². The molecule has 2 aromatic carbocycles. The standard InChI is InChI=1S/C20H16IN7/c1-13-4-3-5-18(14(13)2)27-12-17(19(21)24-27)20-23-26-28(25-20)11-16-8-6-15(10-22)7-9-16/h3-9,12H,11H2,1-2H3. The SMILES string of the molecule is Cc1cccc(-n2cc(-c3nnn(Cc4ccc(C#N)cc4)n3)c(I)n2)c1C. The molecule has 0 bridgehead atoms. The van der Waals surface area contributed by atoms with Gasteiger partial charge in [-0.2, -0.15) is 15.2 Å². The predicted octanol–water partition coefficient (Wildman–Crippen LogP) is 3.67. The lowest BCUT2D eigenvalue weighted by atomic mass is 10.1. The zero-order chi connectivity index (χ0) is 19.7. The van der Waals surface area contributed by atoms with Crippen LogP contribution in [0.3, 0.4) is 0 Å². The number of aromatic nitrogens is 6. The van der Waals surface area contributed by atoms with Crippen molar-refractivity contribution in [1.29, 1.82) is 5.26 Å². The van der Waals surface area contributed by atoms with E-state index in [1.807, 2.05) is 35.1 Å². The molecule has 0 aliphatic rings. The van der Waals surface area contributed by atoms with Crippen molar-refractivity contribution < 1.29 is 0 Å². The summed E-state index contributed by atoms with van der Waals surface area (Å²) < 4.78 is 2.68. The number of halogens is 1. The van der Waals surface area contributed by atoms with Gasteiger partial charge in [-0.25, -0.2) is 4.68 Å². The predicted molar refractivity (Wildman–Crippen MR) is 113 cm³/mol. The van der Waals surface area contributed by atoms with Crippen molar-refractivity contribution in [2.45, 2.75) is 20.4 Å². The van der Waals surface area contributed by atoms with E-state index in [1.165, 1.54) is 11.1 Å². The fourth-order valence-corrected chi connectivity index (χ4v) is 3.49. The Morgan fingerprint density at radius 2 is 1.86 bits per heavy atom. The van der Waals surface area contributed by atoms with Gasteiger partial charge >= 0.3 is 0 Å². The molecule has 0 radical (unpaired) electrons. The first-order chi connectivity index (χ1) is 13.5. The highest BCUT2D eigenvalue weighted by atomic mass is 127. The zero-order valence-corrected chi connectivity index (χ0v) is 17.5. The van der Waals surface area contributed by atoms with Gasteiger partial charge in [0.2, 0.25) is 5.82 Å². The Kier molecular flexibility index (Phi) is 4.92. The topological polar surface area (TPSA) is 85.2 Å². The molecule has 138 valence electrons. The van der Waals surface area contributed by atoms with E-state index in [2.05, 4.69) is 69.1 Å². The first kappa shape index (κ1) is 18.3. The fraction of sp³-hybridized carbons (Fsp3) is 0.150. The van der Waals surface area contributed by atoms with Crippen molar-refractivity contribution >= 4 is 22.6 Å². The van der Waals surface area contributed by atoms with E-state index in [-0.39, 0.29) is 0 Å². The first-order valence-corrected chi connectivity index (χ1v) is 9.72. The third-order valence-corrected chi connectivity index (χ3v) is 5.39. The summed E-state index contributed by atoms with van der Waals surface area (Å²) in [6.07, 6.45) is 1.94. The minimum Gasteiger partial charge on any atom is -0.239 e. The largest absolute Gasteiger partial charge is 0.239 e. The van der Waals surface area contributed by atoms with E-state index in [4.69, 9.17) is 5.26 Å². The maximum absolute atomic E-state index is 8.89. The highest BCUT2D eigenvalue weighted by Gasteiger charge is 2.16. The van der Waals surface area contributed by atoms with Crippen LogP contribution < -0.4 is 0 Å². The molecule has 0 atom stereocenters. The van der Waals surface area contributed by atoms with E-state index >= 15 is 0 Å². The number of benzene rings is 2. The van der Waals surface area contributed by atoms with Gasteiger partial charge in [0, 0.05) is 6.20 Å². The van der Waals surface area contributed by atoms with Gasteiger partial charge in [0.1, 0.15) is 3.70 Å². The molecule has 7 nitrogen and oxygen atoms in total. The second-order valence-electron chi connectivity index (χ2n) is 6.45. The maximum atomic E-state index is 8.89. The molecule has 0 aliphatic carbocycles. The Morgan fingerprint density at radius 3 is 2.61 bits per heavy atom. The van der Waals surface area contributed by atoms with Crippen LogP contribution >= 0.6 is 22.6 Å². The Labute approximate surface area is 175 Å². The number of hydrogen-bond acceptors (Lipinski definition) is 5. The normalized spacial score (nSPS) is 10.8. The minimum atomic E-state index is 0.487. The summed E-state index contributed by atoms with van der Waals surface area (Å²) >= 11 is 2.19. The number of rotatable bonds is 4. The van der Waals surface area contributed by atoms with Crippen LogP contribution in [0.4, 0.5) is 0 Å². The molecule has 28 heavy (non-hydrogen) atoms. The molecule has 0 spiro atoms. The summed E-state index contributed by atoms with van der Waals surface area (Å²) in [7, 11) is 0. The molecular formula is C20H16IN7. The second-order valence-corrected chi connectivity index (χ2v) is 7.47. The van der Waals surface area contributed by atoms with E-state index in [0.29, 0.717) is 17.9 Å². The van der Waals surface area contributed by atoms with E-state index in [1.54, 1.807) is 16.9 Å². The lowest BCUT2D eigenvalue weighted by molar-refractivity contribution is 0.573. The summed E-state index contributed by atoms with van der Waals surface area (Å²) in [5.41, 5.74) is 5.91. The van der Waals surface area contributed by atoms with Gasteiger partial charge < -0.3 is 0 Å². The van der Waals surface area contributed by atoms with Crippen LogP contribution in [0.2, 0.25) is 0 Å². The van der Waals surface area contributed by atoms with Crippen LogP contribution in [0.15, 0.2) is 48.7 Å². The second kappa shape index (κ2) is 7.52.